The molecule has 168 valence electrons. The van der Waals surface area contributed by atoms with Crippen LogP contribution in [-0.2, 0) is 11.3 Å². The molecule has 0 atom stereocenters. The summed E-state index contributed by atoms with van der Waals surface area (Å²) in [4.78, 5) is 37.6. The van der Waals surface area contributed by atoms with Crippen molar-refractivity contribution in [2.24, 2.45) is 5.73 Å². The van der Waals surface area contributed by atoms with Crippen LogP contribution >= 0.6 is 11.8 Å². The molecule has 4 rings (SSSR count). The maximum absolute atomic E-state index is 13.2. The lowest BCUT2D eigenvalue weighted by Gasteiger charge is -2.29. The zero-order valence-electron chi connectivity index (χ0n) is 17.3. The summed E-state index contributed by atoms with van der Waals surface area (Å²) < 4.78 is 10.8. The van der Waals surface area contributed by atoms with E-state index in [1.165, 1.54) is 12.1 Å². The van der Waals surface area contributed by atoms with Crippen LogP contribution in [0.2, 0.25) is 0 Å². The van der Waals surface area contributed by atoms with Crippen molar-refractivity contribution in [3.63, 3.8) is 0 Å². The minimum absolute atomic E-state index is 0.0534. The highest BCUT2D eigenvalue weighted by atomic mass is 32.2. The molecule has 1 heterocycles. The van der Waals surface area contributed by atoms with Gasteiger partial charge in [-0.25, -0.2) is 0 Å². The molecule has 0 radical (unpaired) electrons. The highest BCUT2D eigenvalue weighted by molar-refractivity contribution is 8.00. The van der Waals surface area contributed by atoms with Gasteiger partial charge in [-0.15, -0.1) is 11.8 Å². The van der Waals surface area contributed by atoms with E-state index in [1.54, 1.807) is 0 Å². The maximum Gasteiger partial charge on any atom is 0.283 e. The fraction of sp³-hybridized carbons (Fsp3) is 0.364. The van der Waals surface area contributed by atoms with Crippen LogP contribution in [0.3, 0.4) is 0 Å². The van der Waals surface area contributed by atoms with Crippen molar-refractivity contribution < 1.29 is 24.0 Å². The van der Waals surface area contributed by atoms with Crippen molar-refractivity contribution in [3.05, 3.63) is 57.6 Å². The van der Waals surface area contributed by atoms with E-state index in [0.717, 1.165) is 49.1 Å². The molecule has 10 heteroatoms. The largest absolute Gasteiger partial charge is 0.454 e. The molecule has 0 bridgehead atoms. The van der Waals surface area contributed by atoms with Crippen LogP contribution < -0.4 is 15.2 Å². The summed E-state index contributed by atoms with van der Waals surface area (Å²) in [5.41, 5.74) is 5.99. The number of amides is 2. The van der Waals surface area contributed by atoms with Gasteiger partial charge in [0.2, 0.25) is 18.6 Å². The van der Waals surface area contributed by atoms with E-state index in [1.807, 2.05) is 23.1 Å². The molecule has 32 heavy (non-hydrogen) atoms. The Kier molecular flexibility index (Phi) is 6.50. The maximum atomic E-state index is 13.2. The average molecular weight is 458 g/mol. The van der Waals surface area contributed by atoms with Crippen molar-refractivity contribution in [2.45, 2.75) is 43.2 Å². The van der Waals surface area contributed by atoms with Crippen molar-refractivity contribution in [2.75, 3.05) is 12.5 Å². The molecule has 2 aliphatic rings. The smallest absolute Gasteiger partial charge is 0.283 e. The van der Waals surface area contributed by atoms with E-state index in [2.05, 4.69) is 0 Å². The summed E-state index contributed by atoms with van der Waals surface area (Å²) in [6.45, 7) is 0.622. The Balaban J connectivity index is 1.49. The molecule has 2 N–H and O–H groups in total. The first-order valence-electron chi connectivity index (χ1n) is 10.3. The molecule has 0 saturated heterocycles. The molecule has 2 aromatic carbocycles. The average Bonchev–Trinajstić information content (AvgIpc) is 3.47. The molecule has 2 aromatic rings. The first kappa shape index (κ1) is 21.9. The van der Waals surface area contributed by atoms with Gasteiger partial charge in [0.05, 0.1) is 15.6 Å². The number of nitrogens with two attached hydrogens (primary N) is 1. The first-order valence-corrected chi connectivity index (χ1v) is 11.3. The van der Waals surface area contributed by atoms with E-state index >= 15 is 0 Å². The van der Waals surface area contributed by atoms with Gasteiger partial charge in [-0.3, -0.25) is 19.7 Å². The number of benzene rings is 2. The van der Waals surface area contributed by atoms with Crippen LogP contribution in [0.1, 0.15) is 41.6 Å². The first-order chi connectivity index (χ1) is 15.4. The Morgan fingerprint density at radius 2 is 1.88 bits per heavy atom. The second kappa shape index (κ2) is 9.47. The molecular weight excluding hydrogens is 434 g/mol. The summed E-state index contributed by atoms with van der Waals surface area (Å²) in [5, 5.41) is 11.4. The minimum atomic E-state index is -0.739. The summed E-state index contributed by atoms with van der Waals surface area (Å²) >= 11 is 1.09. The summed E-state index contributed by atoms with van der Waals surface area (Å²) in [7, 11) is 0. The van der Waals surface area contributed by atoms with Crippen molar-refractivity contribution in [1.29, 1.82) is 0 Å². The number of nitrogens with zero attached hydrogens (tertiary/aromatic N) is 2. The van der Waals surface area contributed by atoms with Crippen LogP contribution in [0.5, 0.6) is 11.5 Å². The van der Waals surface area contributed by atoms with Crippen molar-refractivity contribution >= 4 is 29.3 Å². The monoisotopic (exact) mass is 457 g/mol. The van der Waals surface area contributed by atoms with Gasteiger partial charge >= 0.3 is 0 Å². The third-order valence-electron chi connectivity index (χ3n) is 5.67. The predicted molar refractivity (Wildman–Crippen MR) is 118 cm³/mol. The minimum Gasteiger partial charge on any atom is -0.454 e. The number of primary amides is 1. The Hall–Kier alpha value is -3.27. The van der Waals surface area contributed by atoms with Crippen LogP contribution in [-0.4, -0.2) is 40.2 Å². The SMILES string of the molecule is NC(=O)c1ccc(SCC(=O)N(Cc2ccc3c(c2)OCO3)C2CCCC2)c([N+](=O)[O-])c1. The van der Waals surface area contributed by atoms with E-state index in [9.17, 15) is 19.7 Å². The van der Waals surface area contributed by atoms with Gasteiger partial charge < -0.3 is 20.1 Å². The predicted octanol–water partition coefficient (Wildman–Crippen LogP) is 3.49. The van der Waals surface area contributed by atoms with Crippen LogP contribution in [0.4, 0.5) is 5.69 Å². The van der Waals surface area contributed by atoms with Crippen molar-refractivity contribution in [3.8, 4) is 11.5 Å². The standard InChI is InChI=1S/C22H23N3O6S/c23-22(27)15-6-8-20(17(10-15)25(28)29)32-12-21(26)24(16-3-1-2-4-16)11-14-5-7-18-19(9-14)31-13-30-18/h5-10,16H,1-4,11-13H2,(H2,23,27). The van der Waals surface area contributed by atoms with Gasteiger partial charge in [0.1, 0.15) is 0 Å². The van der Waals surface area contributed by atoms with Gasteiger partial charge in [0, 0.05) is 24.2 Å². The molecular formula is C22H23N3O6S. The third-order valence-corrected chi connectivity index (χ3v) is 6.71. The lowest BCUT2D eigenvalue weighted by atomic mass is 10.1. The number of hydrogen-bond donors (Lipinski definition) is 1. The molecule has 9 nitrogen and oxygen atoms in total. The highest BCUT2D eigenvalue weighted by Crippen LogP contribution is 2.35. The third kappa shape index (κ3) is 4.80. The van der Waals surface area contributed by atoms with Gasteiger partial charge in [0.15, 0.2) is 11.5 Å². The number of nitro groups is 1. The van der Waals surface area contributed by atoms with E-state index in [4.69, 9.17) is 15.2 Å². The summed E-state index contributed by atoms with van der Waals surface area (Å²) in [6, 6.07) is 9.84. The summed E-state index contributed by atoms with van der Waals surface area (Å²) in [6.07, 6.45) is 4.02. The lowest BCUT2D eigenvalue weighted by molar-refractivity contribution is -0.387. The molecule has 1 aliphatic carbocycles. The van der Waals surface area contributed by atoms with Gasteiger partial charge in [-0.2, -0.15) is 0 Å². The number of thioether (sulfide) groups is 1. The van der Waals surface area contributed by atoms with Crippen LogP contribution in [0.25, 0.3) is 0 Å². The number of nitro benzene ring substituents is 1. The van der Waals surface area contributed by atoms with Crippen molar-refractivity contribution in [1.82, 2.24) is 4.90 Å². The molecule has 0 spiro atoms. The number of carbonyl (C=O) groups excluding carboxylic acids is 2. The second-order valence-electron chi connectivity index (χ2n) is 7.74. The van der Waals surface area contributed by atoms with Crippen LogP contribution in [0.15, 0.2) is 41.3 Å². The quantitative estimate of drug-likeness (QED) is 0.365. The Morgan fingerprint density at radius 1 is 1.12 bits per heavy atom. The number of rotatable bonds is 8. The molecule has 1 saturated carbocycles. The zero-order valence-corrected chi connectivity index (χ0v) is 18.1. The molecule has 2 amide bonds. The number of carbonyl (C=O) groups is 2. The Morgan fingerprint density at radius 3 is 2.59 bits per heavy atom. The Labute approximate surface area is 189 Å². The van der Waals surface area contributed by atoms with Gasteiger partial charge in [-0.1, -0.05) is 18.9 Å². The highest BCUT2D eigenvalue weighted by Gasteiger charge is 2.28. The zero-order chi connectivity index (χ0) is 22.7. The fourth-order valence-electron chi connectivity index (χ4n) is 4.03. The fourth-order valence-corrected chi connectivity index (χ4v) is 4.92. The van der Waals surface area contributed by atoms with Crippen LogP contribution in [0, 0.1) is 10.1 Å². The van der Waals surface area contributed by atoms with Gasteiger partial charge in [-0.05, 0) is 42.7 Å². The topological polar surface area (TPSA) is 125 Å². The Bertz CT molecular complexity index is 1050. The molecule has 0 aromatic heterocycles. The van der Waals surface area contributed by atoms with Gasteiger partial charge in [0.25, 0.3) is 5.69 Å². The number of ether oxygens (including phenoxy) is 2. The van der Waals surface area contributed by atoms with E-state index in [-0.39, 0.29) is 35.7 Å². The second-order valence-corrected chi connectivity index (χ2v) is 8.76. The molecule has 1 aliphatic heterocycles. The number of hydrogen-bond acceptors (Lipinski definition) is 7. The lowest BCUT2D eigenvalue weighted by Crippen LogP contribution is -2.39. The molecule has 1 fully saturated rings. The normalized spacial score (nSPS) is 15.0. The summed E-state index contributed by atoms with van der Waals surface area (Å²) in [5.74, 6) is 0.581. The van der Waals surface area contributed by atoms with E-state index < -0.39 is 10.8 Å². The molecule has 0 unspecified atom stereocenters. The number of fused-ring (bicyclic) bond motifs is 1. The van der Waals surface area contributed by atoms with E-state index in [0.29, 0.717) is 22.9 Å².